The van der Waals surface area contributed by atoms with E-state index in [1.165, 1.54) is 24.1 Å². The number of nitrogens with zero attached hydrogens (tertiary/aromatic N) is 3. The summed E-state index contributed by atoms with van der Waals surface area (Å²) in [5.41, 5.74) is 6.98. The summed E-state index contributed by atoms with van der Waals surface area (Å²) in [6.07, 6.45) is 5.95. The minimum atomic E-state index is -0.239. The highest BCUT2D eigenvalue weighted by atomic mass is 16.5. The van der Waals surface area contributed by atoms with Crippen LogP contribution in [0.4, 0.5) is 5.69 Å². The number of piperidine rings is 1. The van der Waals surface area contributed by atoms with Crippen LogP contribution in [0.2, 0.25) is 0 Å². The number of carbonyl (C=O) groups is 1. The molecule has 2 aromatic carbocycles. The van der Waals surface area contributed by atoms with Gasteiger partial charge in [0.05, 0.1) is 18.8 Å². The molecule has 7 rings (SSSR count). The van der Waals surface area contributed by atoms with Crippen LogP contribution < -0.4 is 4.90 Å². The predicted molar refractivity (Wildman–Crippen MR) is 150 cm³/mol. The number of benzene rings is 2. The standard InChI is InChI=1S/C31H36N4O3/c1-32-20-21-2-4-25-27(18-21)33-30-28(25)29(36)24-5-3-23(19-26(24)31(30)8-14-37-15-9-31)34-10-6-22(7-11-34)35-12-16-38-17-13-35/h2-5,18-20,22,33H,6-17H2,1H3/b32-20-. The molecule has 1 spiro atoms. The second kappa shape index (κ2) is 9.63. The minimum Gasteiger partial charge on any atom is -0.381 e. The first-order valence-corrected chi connectivity index (χ1v) is 14.1. The number of ether oxygens (including phenoxy) is 2. The Morgan fingerprint density at radius 2 is 1.74 bits per heavy atom. The van der Waals surface area contributed by atoms with Gasteiger partial charge in [-0.3, -0.25) is 14.7 Å². The number of hydrogen-bond acceptors (Lipinski definition) is 6. The summed E-state index contributed by atoms with van der Waals surface area (Å²) in [5, 5.41) is 1.00. The third-order valence-electron chi connectivity index (χ3n) is 9.31. The van der Waals surface area contributed by atoms with Gasteiger partial charge in [0, 0.05) is 92.0 Å². The Hall–Kier alpha value is -3.00. The zero-order valence-electron chi connectivity index (χ0n) is 22.2. The molecule has 198 valence electrons. The number of aliphatic imine (C=N–C) groups is 1. The van der Waals surface area contributed by atoms with Crippen LogP contribution in [-0.2, 0) is 14.9 Å². The lowest BCUT2D eigenvalue weighted by Gasteiger charge is -2.43. The van der Waals surface area contributed by atoms with Crippen molar-refractivity contribution in [1.29, 1.82) is 0 Å². The molecule has 0 saturated carbocycles. The van der Waals surface area contributed by atoms with Crippen LogP contribution in [0.25, 0.3) is 10.9 Å². The van der Waals surface area contributed by atoms with E-state index in [9.17, 15) is 4.79 Å². The number of nitrogens with one attached hydrogen (secondary N) is 1. The highest BCUT2D eigenvalue weighted by Crippen LogP contribution is 2.50. The molecule has 1 N–H and O–H groups in total. The highest BCUT2D eigenvalue weighted by molar-refractivity contribution is 6.20. The van der Waals surface area contributed by atoms with Gasteiger partial charge < -0.3 is 19.4 Å². The molecule has 0 amide bonds. The van der Waals surface area contributed by atoms with Crippen molar-refractivity contribution >= 4 is 28.6 Å². The molecular weight excluding hydrogens is 476 g/mol. The Balaban J connectivity index is 1.26. The molecule has 38 heavy (non-hydrogen) atoms. The highest BCUT2D eigenvalue weighted by Gasteiger charge is 2.47. The third kappa shape index (κ3) is 3.82. The quantitative estimate of drug-likeness (QED) is 0.534. The van der Waals surface area contributed by atoms with Gasteiger partial charge in [-0.25, -0.2) is 0 Å². The smallest absolute Gasteiger partial charge is 0.195 e. The van der Waals surface area contributed by atoms with Gasteiger partial charge in [-0.05, 0) is 61.1 Å². The van der Waals surface area contributed by atoms with E-state index in [4.69, 9.17) is 9.47 Å². The van der Waals surface area contributed by atoms with E-state index in [0.29, 0.717) is 19.3 Å². The first-order chi connectivity index (χ1) is 18.7. The van der Waals surface area contributed by atoms with Crippen molar-refractivity contribution in [1.82, 2.24) is 9.88 Å². The van der Waals surface area contributed by atoms with Gasteiger partial charge in [-0.15, -0.1) is 0 Å². The van der Waals surface area contributed by atoms with Crippen molar-refractivity contribution in [2.24, 2.45) is 4.99 Å². The normalized spacial score (nSPS) is 22.3. The Morgan fingerprint density at radius 1 is 0.974 bits per heavy atom. The maximum atomic E-state index is 14.0. The fourth-order valence-corrected chi connectivity index (χ4v) is 7.30. The van der Waals surface area contributed by atoms with Crippen LogP contribution in [-0.4, -0.2) is 87.6 Å². The van der Waals surface area contributed by atoms with Gasteiger partial charge >= 0.3 is 0 Å². The first kappa shape index (κ1) is 24.1. The molecule has 3 aromatic rings. The van der Waals surface area contributed by atoms with Crippen LogP contribution in [0.15, 0.2) is 41.4 Å². The topological polar surface area (TPSA) is 70.2 Å². The first-order valence-electron chi connectivity index (χ1n) is 14.1. The van der Waals surface area contributed by atoms with Crippen LogP contribution in [0.3, 0.4) is 0 Å². The van der Waals surface area contributed by atoms with Gasteiger partial charge in [0.2, 0.25) is 0 Å². The van der Waals surface area contributed by atoms with Gasteiger partial charge in [0.1, 0.15) is 0 Å². The second-order valence-corrected chi connectivity index (χ2v) is 11.2. The molecule has 3 aliphatic heterocycles. The number of aromatic nitrogens is 1. The van der Waals surface area contributed by atoms with Crippen LogP contribution in [0.5, 0.6) is 0 Å². The average molecular weight is 513 g/mol. The van der Waals surface area contributed by atoms with Crippen molar-refractivity contribution in [2.45, 2.75) is 37.1 Å². The Kier molecular flexibility index (Phi) is 6.10. The lowest BCUT2D eigenvalue weighted by atomic mass is 9.64. The van der Waals surface area contributed by atoms with Crippen molar-refractivity contribution < 1.29 is 14.3 Å². The van der Waals surface area contributed by atoms with Crippen LogP contribution in [0.1, 0.15) is 58.4 Å². The summed E-state index contributed by atoms with van der Waals surface area (Å²) < 4.78 is 11.4. The van der Waals surface area contributed by atoms with Crippen LogP contribution >= 0.6 is 0 Å². The van der Waals surface area contributed by atoms with Gasteiger partial charge in [0.25, 0.3) is 0 Å². The Morgan fingerprint density at radius 3 is 2.50 bits per heavy atom. The summed E-state index contributed by atoms with van der Waals surface area (Å²) in [4.78, 5) is 27.0. The zero-order chi connectivity index (χ0) is 25.7. The maximum absolute atomic E-state index is 14.0. The lowest BCUT2D eigenvalue weighted by Crippen LogP contribution is -2.49. The van der Waals surface area contributed by atoms with E-state index < -0.39 is 0 Å². The molecule has 4 heterocycles. The largest absolute Gasteiger partial charge is 0.381 e. The fraction of sp³-hybridized carbons (Fsp3) is 0.484. The molecule has 7 nitrogen and oxygen atoms in total. The minimum absolute atomic E-state index is 0.132. The van der Waals surface area contributed by atoms with Crippen LogP contribution in [0, 0.1) is 0 Å². The van der Waals surface area contributed by atoms with E-state index in [-0.39, 0.29) is 11.2 Å². The number of H-pyrrole nitrogens is 1. The van der Waals surface area contributed by atoms with E-state index in [1.807, 2.05) is 12.3 Å². The molecule has 0 unspecified atom stereocenters. The Bertz CT molecular complexity index is 1390. The Labute approximate surface area is 223 Å². The molecule has 0 atom stereocenters. The molecule has 3 fully saturated rings. The van der Waals surface area contributed by atoms with Crippen molar-refractivity contribution in [3.8, 4) is 0 Å². The van der Waals surface area contributed by atoms with Gasteiger partial charge in [-0.2, -0.15) is 0 Å². The molecule has 4 aliphatic rings. The van der Waals surface area contributed by atoms with Crippen molar-refractivity contribution in [3.63, 3.8) is 0 Å². The maximum Gasteiger partial charge on any atom is 0.195 e. The van der Waals surface area contributed by atoms with Gasteiger partial charge in [0.15, 0.2) is 5.78 Å². The van der Waals surface area contributed by atoms with E-state index in [0.717, 1.165) is 85.5 Å². The number of carbonyl (C=O) groups excluding carboxylic acids is 1. The summed E-state index contributed by atoms with van der Waals surface area (Å²) in [5.74, 6) is 0.132. The fourth-order valence-electron chi connectivity index (χ4n) is 7.30. The van der Waals surface area contributed by atoms with Gasteiger partial charge in [-0.1, -0.05) is 12.1 Å². The van der Waals surface area contributed by atoms with E-state index >= 15 is 0 Å². The summed E-state index contributed by atoms with van der Waals surface area (Å²) in [7, 11) is 1.78. The van der Waals surface area contributed by atoms with Crippen molar-refractivity contribution in [3.05, 3.63) is 64.3 Å². The number of morpholine rings is 1. The summed E-state index contributed by atoms with van der Waals surface area (Å²) in [6, 6.07) is 13.5. The number of fused-ring (bicyclic) bond motifs is 6. The third-order valence-corrected chi connectivity index (χ3v) is 9.31. The molecule has 1 aliphatic carbocycles. The number of hydrogen-bond donors (Lipinski definition) is 1. The average Bonchev–Trinajstić information content (AvgIpc) is 3.37. The molecule has 3 saturated heterocycles. The number of ketones is 1. The van der Waals surface area contributed by atoms with Crippen molar-refractivity contribution in [2.75, 3.05) is 64.6 Å². The summed E-state index contributed by atoms with van der Waals surface area (Å²) >= 11 is 0. The lowest BCUT2D eigenvalue weighted by molar-refractivity contribution is 0.0115. The number of anilines is 1. The molecule has 1 aromatic heterocycles. The molecule has 7 heteroatoms. The molecule has 0 bridgehead atoms. The summed E-state index contributed by atoms with van der Waals surface area (Å²) in [6.45, 7) is 7.30. The molecular formula is C31H36N4O3. The SMILES string of the molecule is C/N=C\c1ccc2c3c([nH]c2c1)C1(CCOCC1)c1cc(N2CCC(N4CCOCC4)CC2)ccc1C3=O. The monoisotopic (exact) mass is 512 g/mol. The predicted octanol–water partition coefficient (Wildman–Crippen LogP) is 4.16. The zero-order valence-corrected chi connectivity index (χ0v) is 22.2. The number of aromatic amines is 1. The molecule has 0 radical (unpaired) electrons. The van der Waals surface area contributed by atoms with E-state index in [1.54, 1.807) is 7.05 Å². The number of rotatable bonds is 3. The van der Waals surface area contributed by atoms with E-state index in [2.05, 4.69) is 50.1 Å². The second-order valence-electron chi connectivity index (χ2n) is 11.2.